The molecule has 5 heteroatoms. The maximum Gasteiger partial charge on any atom is 0.167 e. The van der Waals surface area contributed by atoms with E-state index in [4.69, 9.17) is 0 Å². The number of thiophene rings is 1. The van der Waals surface area contributed by atoms with Crippen molar-refractivity contribution in [3.8, 4) is 0 Å². The molecule has 0 bridgehead atoms. The Bertz CT molecular complexity index is 665. The highest BCUT2D eigenvalue weighted by Crippen LogP contribution is 2.30. The van der Waals surface area contributed by atoms with Crippen molar-refractivity contribution in [3.05, 3.63) is 22.6 Å². The fraction of sp³-hybridized carbons (Fsp3) is 0.300. The second-order valence-electron chi connectivity index (χ2n) is 3.64. The Hall–Kier alpha value is -1.49. The minimum atomic E-state index is 0.785. The molecule has 0 fully saturated rings. The molecule has 76 valence electrons. The third kappa shape index (κ3) is 1.10. The Balaban J connectivity index is 2.62. The molecule has 4 nitrogen and oxygen atoms in total. The van der Waals surface area contributed by atoms with Gasteiger partial charge < -0.3 is 0 Å². The molecule has 3 rings (SSSR count). The van der Waals surface area contributed by atoms with E-state index < -0.39 is 0 Å². The molecule has 0 radical (unpaired) electrons. The van der Waals surface area contributed by atoms with Crippen LogP contribution in [0.4, 0.5) is 0 Å². The fourth-order valence-electron chi connectivity index (χ4n) is 1.75. The van der Waals surface area contributed by atoms with Gasteiger partial charge in [-0.15, -0.1) is 11.3 Å². The van der Waals surface area contributed by atoms with Crippen LogP contribution >= 0.6 is 11.3 Å². The highest BCUT2D eigenvalue weighted by molar-refractivity contribution is 7.18. The molecule has 0 N–H and O–H groups in total. The number of rotatable bonds is 0. The number of hydrogen-bond donors (Lipinski definition) is 0. The SMILES string of the molecule is Cc1nc2c3c(C)c(C)sc3ncn2n1. The highest BCUT2D eigenvalue weighted by atomic mass is 32.1. The Morgan fingerprint density at radius 3 is 2.87 bits per heavy atom. The van der Waals surface area contributed by atoms with Crippen molar-refractivity contribution in [1.82, 2.24) is 19.6 Å². The van der Waals surface area contributed by atoms with Crippen molar-refractivity contribution in [2.45, 2.75) is 20.8 Å². The molecule has 0 saturated carbocycles. The van der Waals surface area contributed by atoms with Crippen molar-refractivity contribution in [2.24, 2.45) is 0 Å². The van der Waals surface area contributed by atoms with Crippen LogP contribution in [0.15, 0.2) is 6.33 Å². The summed E-state index contributed by atoms with van der Waals surface area (Å²) in [5.74, 6) is 0.785. The van der Waals surface area contributed by atoms with E-state index in [1.165, 1.54) is 10.4 Å². The monoisotopic (exact) mass is 218 g/mol. The third-order valence-electron chi connectivity index (χ3n) is 2.61. The van der Waals surface area contributed by atoms with Crippen LogP contribution in [0.5, 0.6) is 0 Å². The molecule has 0 aromatic carbocycles. The van der Waals surface area contributed by atoms with Crippen LogP contribution in [0.25, 0.3) is 15.9 Å². The average Bonchev–Trinajstić information content (AvgIpc) is 2.68. The second kappa shape index (κ2) is 2.76. The fourth-order valence-corrected chi connectivity index (χ4v) is 2.74. The highest BCUT2D eigenvalue weighted by Gasteiger charge is 2.12. The Labute approximate surface area is 90.6 Å². The van der Waals surface area contributed by atoms with E-state index in [0.717, 1.165) is 21.7 Å². The third-order valence-corrected chi connectivity index (χ3v) is 3.73. The van der Waals surface area contributed by atoms with E-state index in [-0.39, 0.29) is 0 Å². The zero-order valence-electron chi connectivity index (χ0n) is 8.77. The van der Waals surface area contributed by atoms with Gasteiger partial charge in [0.15, 0.2) is 5.65 Å². The first-order chi connectivity index (χ1) is 7.16. The summed E-state index contributed by atoms with van der Waals surface area (Å²) >= 11 is 1.71. The molecule has 3 heterocycles. The van der Waals surface area contributed by atoms with Crippen LogP contribution in [-0.2, 0) is 0 Å². The summed E-state index contributed by atoms with van der Waals surface area (Å²) in [6.07, 6.45) is 1.73. The standard InChI is InChI=1S/C10H10N4S/c1-5-6(2)15-10-8(5)9-12-7(3)13-14(9)4-11-10/h4H,1-3H3. The van der Waals surface area contributed by atoms with Crippen LogP contribution in [0.3, 0.4) is 0 Å². The van der Waals surface area contributed by atoms with Gasteiger partial charge in [0.05, 0.1) is 5.39 Å². The summed E-state index contributed by atoms with van der Waals surface area (Å²) in [5, 5.41) is 5.40. The van der Waals surface area contributed by atoms with Gasteiger partial charge in [-0.25, -0.2) is 14.5 Å². The quantitative estimate of drug-likeness (QED) is 0.581. The lowest BCUT2D eigenvalue weighted by Crippen LogP contribution is -1.89. The maximum atomic E-state index is 4.43. The van der Waals surface area contributed by atoms with Crippen LogP contribution in [-0.4, -0.2) is 19.6 Å². The van der Waals surface area contributed by atoms with Gasteiger partial charge in [-0.2, -0.15) is 5.10 Å². The van der Waals surface area contributed by atoms with E-state index in [0.29, 0.717) is 0 Å². The number of aryl methyl sites for hydroxylation is 3. The average molecular weight is 218 g/mol. The predicted octanol–water partition coefficient (Wildman–Crippen LogP) is 2.26. The molecule has 3 aromatic heterocycles. The number of aromatic nitrogens is 4. The number of nitrogens with zero attached hydrogens (tertiary/aromatic N) is 4. The molecular formula is C10H10N4S. The number of hydrogen-bond acceptors (Lipinski definition) is 4. The first-order valence-corrected chi connectivity index (χ1v) is 5.56. The zero-order valence-corrected chi connectivity index (χ0v) is 9.59. The van der Waals surface area contributed by atoms with Gasteiger partial charge in [-0.1, -0.05) is 0 Å². The van der Waals surface area contributed by atoms with Crippen molar-refractivity contribution >= 4 is 27.2 Å². The molecule has 0 unspecified atom stereocenters. The van der Waals surface area contributed by atoms with Crippen LogP contribution in [0, 0.1) is 20.8 Å². The van der Waals surface area contributed by atoms with Gasteiger partial charge in [0.1, 0.15) is 17.0 Å². The molecule has 0 amide bonds. The van der Waals surface area contributed by atoms with Gasteiger partial charge in [-0.3, -0.25) is 0 Å². The minimum absolute atomic E-state index is 0.785. The number of fused-ring (bicyclic) bond motifs is 3. The first kappa shape index (κ1) is 8.79. The summed E-state index contributed by atoms with van der Waals surface area (Å²) in [6, 6.07) is 0. The normalized spacial score (nSPS) is 11.7. The largest absolute Gasteiger partial charge is 0.225 e. The zero-order chi connectivity index (χ0) is 10.6. The molecule has 3 aromatic rings. The van der Waals surface area contributed by atoms with E-state index in [2.05, 4.69) is 28.9 Å². The molecule has 0 aliphatic carbocycles. The predicted molar refractivity (Wildman–Crippen MR) is 60.4 cm³/mol. The van der Waals surface area contributed by atoms with Crippen molar-refractivity contribution in [3.63, 3.8) is 0 Å². The van der Waals surface area contributed by atoms with E-state index in [1.54, 1.807) is 22.2 Å². The lowest BCUT2D eigenvalue weighted by molar-refractivity contribution is 0.909. The van der Waals surface area contributed by atoms with E-state index in [1.807, 2.05) is 6.92 Å². The van der Waals surface area contributed by atoms with Gasteiger partial charge in [0.25, 0.3) is 0 Å². The van der Waals surface area contributed by atoms with E-state index in [9.17, 15) is 0 Å². The first-order valence-electron chi connectivity index (χ1n) is 4.74. The van der Waals surface area contributed by atoms with Gasteiger partial charge in [-0.05, 0) is 26.3 Å². The van der Waals surface area contributed by atoms with Crippen LogP contribution in [0.1, 0.15) is 16.3 Å². The summed E-state index contributed by atoms with van der Waals surface area (Å²) in [4.78, 5) is 11.2. The minimum Gasteiger partial charge on any atom is -0.225 e. The van der Waals surface area contributed by atoms with Crippen LogP contribution in [0.2, 0.25) is 0 Å². The summed E-state index contributed by atoms with van der Waals surface area (Å²) < 4.78 is 1.75. The molecule has 15 heavy (non-hydrogen) atoms. The Morgan fingerprint density at radius 1 is 1.27 bits per heavy atom. The lowest BCUT2D eigenvalue weighted by atomic mass is 10.2. The Morgan fingerprint density at radius 2 is 2.07 bits per heavy atom. The summed E-state index contributed by atoms with van der Waals surface area (Å²) in [7, 11) is 0. The molecule has 0 aliphatic heterocycles. The smallest absolute Gasteiger partial charge is 0.167 e. The topological polar surface area (TPSA) is 43.1 Å². The van der Waals surface area contributed by atoms with Crippen molar-refractivity contribution in [1.29, 1.82) is 0 Å². The molecule has 0 atom stereocenters. The van der Waals surface area contributed by atoms with Crippen molar-refractivity contribution < 1.29 is 0 Å². The molecular weight excluding hydrogens is 208 g/mol. The van der Waals surface area contributed by atoms with Crippen molar-refractivity contribution in [2.75, 3.05) is 0 Å². The van der Waals surface area contributed by atoms with Gasteiger partial charge >= 0.3 is 0 Å². The van der Waals surface area contributed by atoms with Gasteiger partial charge in [0, 0.05) is 4.88 Å². The lowest BCUT2D eigenvalue weighted by Gasteiger charge is -1.93. The summed E-state index contributed by atoms with van der Waals surface area (Å²) in [6.45, 7) is 6.12. The van der Waals surface area contributed by atoms with Crippen LogP contribution < -0.4 is 0 Å². The Kier molecular flexibility index (Phi) is 1.62. The molecule has 0 saturated heterocycles. The molecule has 0 aliphatic rings. The van der Waals surface area contributed by atoms with E-state index >= 15 is 0 Å². The molecule has 0 spiro atoms. The van der Waals surface area contributed by atoms with Gasteiger partial charge in [0.2, 0.25) is 0 Å². The second-order valence-corrected chi connectivity index (χ2v) is 4.84. The maximum absolute atomic E-state index is 4.43. The summed E-state index contributed by atoms with van der Waals surface area (Å²) in [5.41, 5.74) is 2.18.